The highest BCUT2D eigenvalue weighted by atomic mass is 32.2. The standard InChI is InChI=1S/C13H19NO3S.C10H13NOS.C3H6O2/c1-9-4-5-12(14-7-9)18-8-10(2)11(15)6-13(16)17-3;1-8-3-4-10(11-5-8)13-7-9(2)6-12;1-3(4)5-2/h4-5,7,10-11,15H,6,8H2,1-3H3;3-6,9H,7H2,1-2H3;1-2H3. The van der Waals surface area contributed by atoms with Gasteiger partial charge in [-0.15, -0.1) is 23.5 Å². The molecule has 0 saturated heterocycles. The first-order chi connectivity index (χ1) is 17.0. The number of ether oxygens (including phenoxy) is 2. The maximum atomic E-state index is 11.0. The van der Waals surface area contributed by atoms with E-state index in [0.717, 1.165) is 33.2 Å². The van der Waals surface area contributed by atoms with Crippen molar-refractivity contribution in [1.82, 2.24) is 9.97 Å². The molecule has 0 saturated carbocycles. The van der Waals surface area contributed by atoms with E-state index < -0.39 is 6.10 Å². The first-order valence-electron chi connectivity index (χ1n) is 11.4. The lowest BCUT2D eigenvalue weighted by Crippen LogP contribution is -2.23. The van der Waals surface area contributed by atoms with E-state index in [9.17, 15) is 19.5 Å². The SMILES string of the molecule is COC(=O)CC(O)C(C)CSc1ccc(C)cn1.COC(C)=O.Cc1ccc(SCC(C)C=O)nc1. The number of carbonyl (C=O) groups is 3. The molecule has 8 nitrogen and oxygen atoms in total. The van der Waals surface area contributed by atoms with Gasteiger partial charge in [0.15, 0.2) is 0 Å². The molecule has 3 atom stereocenters. The molecule has 2 aromatic heterocycles. The van der Waals surface area contributed by atoms with E-state index in [2.05, 4.69) is 19.4 Å². The van der Waals surface area contributed by atoms with Crippen LogP contribution in [0.2, 0.25) is 0 Å². The van der Waals surface area contributed by atoms with Crippen LogP contribution in [0.3, 0.4) is 0 Å². The first kappa shape index (κ1) is 33.6. The van der Waals surface area contributed by atoms with Gasteiger partial charge in [0, 0.05) is 36.7 Å². The summed E-state index contributed by atoms with van der Waals surface area (Å²) in [5.74, 6) is 1.01. The zero-order valence-electron chi connectivity index (χ0n) is 22.1. The number of hydrogen-bond acceptors (Lipinski definition) is 10. The second-order valence-corrected chi connectivity index (χ2v) is 10.2. The third kappa shape index (κ3) is 17.1. The Balaban J connectivity index is 0.000000593. The number of aliphatic hydroxyl groups excluding tert-OH is 1. The molecule has 0 amide bonds. The normalized spacial score (nSPS) is 12.4. The van der Waals surface area contributed by atoms with Gasteiger partial charge in [-0.25, -0.2) is 9.97 Å². The van der Waals surface area contributed by atoms with Gasteiger partial charge in [0.2, 0.25) is 0 Å². The molecule has 0 bridgehead atoms. The van der Waals surface area contributed by atoms with Crippen molar-refractivity contribution in [1.29, 1.82) is 0 Å². The Morgan fingerprint density at radius 1 is 0.944 bits per heavy atom. The van der Waals surface area contributed by atoms with Crippen molar-refractivity contribution >= 4 is 41.7 Å². The minimum atomic E-state index is -0.671. The maximum absolute atomic E-state index is 11.0. The molecule has 1 N–H and O–H groups in total. The Bertz CT molecular complexity index is 894. The zero-order valence-corrected chi connectivity index (χ0v) is 23.7. The van der Waals surface area contributed by atoms with E-state index in [4.69, 9.17) is 0 Å². The molecule has 200 valence electrons. The molecule has 0 spiro atoms. The molecular weight excluding hydrogens is 500 g/mol. The number of esters is 2. The van der Waals surface area contributed by atoms with E-state index in [1.54, 1.807) is 23.5 Å². The molecular formula is C26H38N2O6S2. The average molecular weight is 539 g/mol. The first-order valence-corrected chi connectivity index (χ1v) is 13.3. The fourth-order valence-corrected chi connectivity index (χ4v) is 3.87. The zero-order chi connectivity index (χ0) is 27.5. The molecule has 0 radical (unpaired) electrons. The molecule has 0 aliphatic carbocycles. The summed E-state index contributed by atoms with van der Waals surface area (Å²) in [6.45, 7) is 9.18. The Morgan fingerprint density at radius 3 is 1.78 bits per heavy atom. The molecule has 0 fully saturated rings. The van der Waals surface area contributed by atoms with Crippen LogP contribution in [0.4, 0.5) is 0 Å². The van der Waals surface area contributed by atoms with E-state index in [0.29, 0.717) is 5.75 Å². The number of aryl methyl sites for hydroxylation is 2. The van der Waals surface area contributed by atoms with Crippen LogP contribution in [-0.4, -0.2) is 65.1 Å². The molecule has 0 aliphatic rings. The van der Waals surface area contributed by atoms with Crippen LogP contribution in [-0.2, 0) is 23.9 Å². The van der Waals surface area contributed by atoms with Gasteiger partial charge >= 0.3 is 11.9 Å². The minimum absolute atomic E-state index is 0.0113. The van der Waals surface area contributed by atoms with E-state index >= 15 is 0 Å². The van der Waals surface area contributed by atoms with Crippen LogP contribution in [0.5, 0.6) is 0 Å². The number of nitrogens with zero attached hydrogens (tertiary/aromatic N) is 2. The van der Waals surface area contributed by atoms with Gasteiger partial charge < -0.3 is 19.4 Å². The predicted octanol–water partition coefficient (Wildman–Crippen LogP) is 4.54. The number of rotatable bonds is 10. The molecule has 3 unspecified atom stereocenters. The van der Waals surface area contributed by atoms with E-state index in [-0.39, 0.29) is 30.2 Å². The number of carbonyl (C=O) groups excluding carboxylic acids is 3. The number of aliphatic hydroxyl groups is 1. The highest BCUT2D eigenvalue weighted by Gasteiger charge is 2.18. The van der Waals surface area contributed by atoms with E-state index in [1.807, 2.05) is 64.4 Å². The number of aromatic nitrogens is 2. The van der Waals surface area contributed by atoms with Gasteiger partial charge in [0.05, 0.1) is 36.8 Å². The lowest BCUT2D eigenvalue weighted by molar-refractivity contribution is -0.143. The van der Waals surface area contributed by atoms with Crippen molar-refractivity contribution in [2.75, 3.05) is 25.7 Å². The van der Waals surface area contributed by atoms with Crippen LogP contribution in [0.15, 0.2) is 46.7 Å². The number of thioether (sulfide) groups is 2. The van der Waals surface area contributed by atoms with Crippen LogP contribution in [0.25, 0.3) is 0 Å². The van der Waals surface area contributed by atoms with Gasteiger partial charge in [-0.1, -0.05) is 26.0 Å². The summed E-state index contributed by atoms with van der Waals surface area (Å²) in [5.41, 5.74) is 2.28. The number of methoxy groups -OCH3 is 2. The van der Waals surface area contributed by atoms with Crippen molar-refractivity contribution in [2.24, 2.45) is 11.8 Å². The summed E-state index contributed by atoms with van der Waals surface area (Å²) in [5, 5.41) is 11.7. The smallest absolute Gasteiger partial charge is 0.308 e. The van der Waals surface area contributed by atoms with Gasteiger partial charge in [-0.2, -0.15) is 0 Å². The summed E-state index contributed by atoms with van der Waals surface area (Å²) in [6.07, 6.45) is 4.00. The van der Waals surface area contributed by atoms with Crippen LogP contribution >= 0.6 is 23.5 Å². The fourth-order valence-electron chi connectivity index (χ4n) is 2.12. The largest absolute Gasteiger partial charge is 0.469 e. The molecule has 2 aromatic rings. The lowest BCUT2D eigenvalue weighted by atomic mass is 10.0. The topological polar surface area (TPSA) is 116 Å². The van der Waals surface area contributed by atoms with Crippen LogP contribution in [0, 0.1) is 25.7 Å². The molecule has 2 rings (SSSR count). The van der Waals surface area contributed by atoms with Crippen molar-refractivity contribution in [3.63, 3.8) is 0 Å². The molecule has 0 aromatic carbocycles. The summed E-state index contributed by atoms with van der Waals surface area (Å²) in [6, 6.07) is 7.97. The minimum Gasteiger partial charge on any atom is -0.469 e. The highest BCUT2D eigenvalue weighted by molar-refractivity contribution is 7.99. The molecule has 2 heterocycles. The summed E-state index contributed by atoms with van der Waals surface area (Å²) >= 11 is 3.20. The van der Waals surface area contributed by atoms with Gasteiger partial charge in [0.25, 0.3) is 0 Å². The molecule has 36 heavy (non-hydrogen) atoms. The second-order valence-electron chi connectivity index (χ2n) is 8.10. The number of pyridine rings is 2. The van der Waals surface area contributed by atoms with Crippen LogP contribution in [0.1, 0.15) is 38.3 Å². The van der Waals surface area contributed by atoms with Gasteiger partial charge in [-0.3, -0.25) is 9.59 Å². The van der Waals surface area contributed by atoms with Crippen molar-refractivity contribution < 1.29 is 29.0 Å². The highest BCUT2D eigenvalue weighted by Crippen LogP contribution is 2.21. The third-order valence-corrected chi connectivity index (χ3v) is 7.00. The quantitative estimate of drug-likeness (QED) is 0.263. The summed E-state index contributed by atoms with van der Waals surface area (Å²) in [4.78, 5) is 39.5. The summed E-state index contributed by atoms with van der Waals surface area (Å²) in [7, 11) is 2.67. The number of aldehydes is 1. The Labute approximate surface area is 223 Å². The fraction of sp³-hybridized carbons (Fsp3) is 0.500. The van der Waals surface area contributed by atoms with E-state index in [1.165, 1.54) is 21.1 Å². The lowest BCUT2D eigenvalue weighted by Gasteiger charge is -2.17. The summed E-state index contributed by atoms with van der Waals surface area (Å²) < 4.78 is 8.64. The van der Waals surface area contributed by atoms with Crippen molar-refractivity contribution in [2.45, 2.75) is 57.2 Å². The van der Waals surface area contributed by atoms with Crippen molar-refractivity contribution in [3.05, 3.63) is 47.8 Å². The van der Waals surface area contributed by atoms with Crippen LogP contribution < -0.4 is 0 Å². The Kier molecular flexibility index (Phi) is 18.4. The molecule has 0 aliphatic heterocycles. The predicted molar refractivity (Wildman–Crippen MR) is 144 cm³/mol. The van der Waals surface area contributed by atoms with Crippen molar-refractivity contribution in [3.8, 4) is 0 Å². The Hall–Kier alpha value is -2.43. The maximum Gasteiger partial charge on any atom is 0.308 e. The monoisotopic (exact) mass is 538 g/mol. The van der Waals surface area contributed by atoms with Gasteiger partial charge in [-0.05, 0) is 43.0 Å². The van der Waals surface area contributed by atoms with Gasteiger partial charge in [0.1, 0.15) is 6.29 Å². The average Bonchev–Trinajstić information content (AvgIpc) is 2.88. The third-order valence-electron chi connectivity index (χ3n) is 4.54. The molecule has 10 heteroatoms. The Morgan fingerprint density at radius 2 is 1.42 bits per heavy atom. The number of hydrogen-bond donors (Lipinski definition) is 1. The second kappa shape index (κ2) is 19.7.